The molecule has 2 rings (SSSR count). The number of nitrogens with zero attached hydrogens (tertiary/aromatic N) is 3. The van der Waals surface area contributed by atoms with Gasteiger partial charge in [-0.3, -0.25) is 19.2 Å². The Bertz CT molecular complexity index is 659. The second kappa shape index (κ2) is 10.6. The van der Waals surface area contributed by atoms with E-state index in [0.29, 0.717) is 19.3 Å². The smallest absolute Gasteiger partial charge is 0.436 e. The van der Waals surface area contributed by atoms with Crippen LogP contribution in [0.3, 0.4) is 0 Å². The summed E-state index contributed by atoms with van der Waals surface area (Å²) in [6.45, 7) is 4.93. The third kappa shape index (κ3) is 5.20. The lowest BCUT2D eigenvalue weighted by atomic mass is 10.0. The van der Waals surface area contributed by atoms with Crippen molar-refractivity contribution in [2.24, 2.45) is 5.73 Å². The first kappa shape index (κ1) is 23.9. The summed E-state index contributed by atoms with van der Waals surface area (Å²) in [4.78, 5) is 58.2. The molecular weight excluding hydrogens is 396 g/mol. The second-order valence-electron chi connectivity index (χ2n) is 7.59. The van der Waals surface area contributed by atoms with Gasteiger partial charge in [-0.15, -0.1) is 0 Å². The van der Waals surface area contributed by atoms with Crippen LogP contribution in [0.1, 0.15) is 52.9 Å². The zero-order valence-corrected chi connectivity index (χ0v) is 17.8. The Morgan fingerprint density at radius 3 is 2.57 bits per heavy atom. The van der Waals surface area contributed by atoms with Crippen molar-refractivity contribution in [2.45, 2.75) is 77.3 Å². The van der Waals surface area contributed by atoms with Crippen molar-refractivity contribution >= 4 is 23.8 Å². The number of hydroxylamine groups is 2. The highest BCUT2D eigenvalue weighted by Crippen LogP contribution is 2.30. The molecule has 170 valence electrons. The van der Waals surface area contributed by atoms with E-state index in [4.69, 9.17) is 15.3 Å². The molecule has 2 unspecified atom stereocenters. The maximum atomic E-state index is 13.1. The third-order valence-electron chi connectivity index (χ3n) is 5.36. The predicted octanol–water partition coefficient (Wildman–Crippen LogP) is -0.0393. The van der Waals surface area contributed by atoms with Crippen LogP contribution in [-0.2, 0) is 24.0 Å². The summed E-state index contributed by atoms with van der Waals surface area (Å²) in [7, 11) is 0. The highest BCUT2D eigenvalue weighted by atomic mass is 16.7. The molecule has 2 fully saturated rings. The number of fused-ring (bicyclic) bond motifs is 1. The van der Waals surface area contributed by atoms with Gasteiger partial charge in [0, 0.05) is 13.0 Å². The standard InChI is InChI=1S/C19H32N4O7/c1-4-6-7-13-17(26)21(9-8-15(20)25)10-16-22(13)18(27)14(11-24)30-23(16)19(28)29-12(3)5-2/h12-14,16,24H,4-11H2,1-3H3,(H2,20,25)/t12?,13-,14+,16?/m0/s1. The molecule has 30 heavy (non-hydrogen) atoms. The number of rotatable bonds is 9. The van der Waals surface area contributed by atoms with Crippen LogP contribution >= 0.6 is 0 Å². The number of piperazine rings is 1. The molecule has 0 aromatic carbocycles. The number of hydrogen-bond acceptors (Lipinski definition) is 7. The van der Waals surface area contributed by atoms with Crippen molar-refractivity contribution in [2.75, 3.05) is 19.7 Å². The van der Waals surface area contributed by atoms with Crippen LogP contribution in [0, 0.1) is 0 Å². The molecule has 0 aromatic rings. The van der Waals surface area contributed by atoms with Gasteiger partial charge in [-0.1, -0.05) is 26.7 Å². The van der Waals surface area contributed by atoms with Crippen LogP contribution in [0.4, 0.5) is 4.79 Å². The lowest BCUT2D eigenvalue weighted by molar-refractivity contribution is -0.272. The molecule has 4 atom stereocenters. The Hall–Kier alpha value is -2.40. The average molecular weight is 428 g/mol. The van der Waals surface area contributed by atoms with Crippen LogP contribution in [0.5, 0.6) is 0 Å². The molecule has 3 N–H and O–H groups in total. The predicted molar refractivity (Wildman–Crippen MR) is 104 cm³/mol. The monoisotopic (exact) mass is 428 g/mol. The molecule has 2 saturated heterocycles. The first-order chi connectivity index (χ1) is 14.2. The van der Waals surface area contributed by atoms with Gasteiger partial charge in [-0.25, -0.2) is 4.79 Å². The molecule has 2 aliphatic rings. The fourth-order valence-electron chi connectivity index (χ4n) is 3.51. The molecule has 0 bridgehead atoms. The minimum atomic E-state index is -1.31. The fraction of sp³-hybridized carbons (Fsp3) is 0.789. The molecule has 0 saturated carbocycles. The van der Waals surface area contributed by atoms with E-state index >= 15 is 0 Å². The molecule has 0 radical (unpaired) electrons. The summed E-state index contributed by atoms with van der Waals surface area (Å²) in [5.41, 5.74) is 5.23. The van der Waals surface area contributed by atoms with E-state index in [1.165, 1.54) is 9.80 Å². The normalized spacial score (nSPS) is 25.2. The maximum absolute atomic E-state index is 13.1. The molecule has 0 spiro atoms. The minimum absolute atomic E-state index is 0.0374. The molecular formula is C19H32N4O7. The van der Waals surface area contributed by atoms with Crippen molar-refractivity contribution in [3.05, 3.63) is 0 Å². The van der Waals surface area contributed by atoms with Crippen molar-refractivity contribution < 1.29 is 33.9 Å². The summed E-state index contributed by atoms with van der Waals surface area (Å²) in [5, 5.41) is 10.5. The second-order valence-corrected chi connectivity index (χ2v) is 7.59. The van der Waals surface area contributed by atoms with Gasteiger partial charge in [0.15, 0.2) is 12.3 Å². The molecule has 0 aromatic heterocycles. The third-order valence-corrected chi connectivity index (χ3v) is 5.36. The zero-order chi connectivity index (χ0) is 22.4. The summed E-state index contributed by atoms with van der Waals surface area (Å²) < 4.78 is 5.36. The molecule has 11 heteroatoms. The van der Waals surface area contributed by atoms with E-state index in [-0.39, 0.29) is 31.5 Å². The van der Waals surface area contributed by atoms with Gasteiger partial charge in [0.2, 0.25) is 11.8 Å². The molecule has 2 heterocycles. The Morgan fingerprint density at radius 1 is 1.30 bits per heavy atom. The first-order valence-corrected chi connectivity index (χ1v) is 10.4. The van der Waals surface area contributed by atoms with Gasteiger partial charge in [0.1, 0.15) is 12.1 Å². The van der Waals surface area contributed by atoms with E-state index < -0.39 is 42.8 Å². The van der Waals surface area contributed by atoms with Gasteiger partial charge in [-0.05, 0) is 19.8 Å². The van der Waals surface area contributed by atoms with Crippen LogP contribution < -0.4 is 5.73 Å². The topological polar surface area (TPSA) is 143 Å². The number of ether oxygens (including phenoxy) is 1. The van der Waals surface area contributed by atoms with Crippen LogP contribution in [0.25, 0.3) is 0 Å². The minimum Gasteiger partial charge on any atom is -0.445 e. The zero-order valence-electron chi connectivity index (χ0n) is 17.8. The Morgan fingerprint density at radius 2 is 2.00 bits per heavy atom. The maximum Gasteiger partial charge on any atom is 0.436 e. The summed E-state index contributed by atoms with van der Waals surface area (Å²) in [6.07, 6.45) is -1.00. The Kier molecular flexibility index (Phi) is 8.42. The summed E-state index contributed by atoms with van der Waals surface area (Å²) in [6, 6.07) is -0.832. The van der Waals surface area contributed by atoms with Gasteiger partial charge >= 0.3 is 6.09 Å². The number of aliphatic hydroxyl groups is 1. The van der Waals surface area contributed by atoms with Gasteiger partial charge in [0.25, 0.3) is 5.91 Å². The average Bonchev–Trinajstić information content (AvgIpc) is 2.71. The van der Waals surface area contributed by atoms with E-state index in [9.17, 15) is 24.3 Å². The number of amides is 4. The number of carbonyl (C=O) groups is 4. The van der Waals surface area contributed by atoms with Crippen molar-refractivity contribution in [1.29, 1.82) is 0 Å². The van der Waals surface area contributed by atoms with Crippen molar-refractivity contribution in [3.8, 4) is 0 Å². The number of nitrogens with two attached hydrogens (primary N) is 1. The Labute approximate surface area is 176 Å². The number of carbonyl (C=O) groups excluding carboxylic acids is 4. The molecule has 11 nitrogen and oxygen atoms in total. The quantitative estimate of drug-likeness (QED) is 0.524. The van der Waals surface area contributed by atoms with E-state index in [0.717, 1.165) is 11.5 Å². The lowest BCUT2D eigenvalue weighted by Gasteiger charge is -2.52. The summed E-state index contributed by atoms with van der Waals surface area (Å²) >= 11 is 0. The van der Waals surface area contributed by atoms with E-state index in [1.807, 2.05) is 13.8 Å². The SMILES string of the molecule is CCCC[C@H]1C(=O)N(CCC(N)=O)CC2N(C(=O)OC(C)CC)O[C@H](CO)C(=O)N21. The van der Waals surface area contributed by atoms with E-state index in [2.05, 4.69) is 0 Å². The highest BCUT2D eigenvalue weighted by molar-refractivity contribution is 5.92. The number of primary amides is 1. The number of unbranched alkanes of at least 4 members (excludes halogenated alkanes) is 1. The van der Waals surface area contributed by atoms with Gasteiger partial charge in [-0.2, -0.15) is 5.06 Å². The van der Waals surface area contributed by atoms with Crippen LogP contribution in [0.15, 0.2) is 0 Å². The van der Waals surface area contributed by atoms with Crippen LogP contribution in [0.2, 0.25) is 0 Å². The van der Waals surface area contributed by atoms with Crippen molar-refractivity contribution in [3.63, 3.8) is 0 Å². The molecule has 2 aliphatic heterocycles. The molecule has 0 aliphatic carbocycles. The number of hydrogen-bond donors (Lipinski definition) is 2. The van der Waals surface area contributed by atoms with Crippen LogP contribution in [-0.4, -0.2) is 87.9 Å². The largest absolute Gasteiger partial charge is 0.445 e. The van der Waals surface area contributed by atoms with Gasteiger partial charge < -0.3 is 25.4 Å². The highest BCUT2D eigenvalue weighted by Gasteiger charge is 2.53. The van der Waals surface area contributed by atoms with E-state index in [1.54, 1.807) is 6.92 Å². The Balaban J connectivity index is 2.37. The van der Waals surface area contributed by atoms with Gasteiger partial charge in [0.05, 0.1) is 13.2 Å². The number of aliphatic hydroxyl groups excluding tert-OH is 1. The molecule has 4 amide bonds. The lowest BCUT2D eigenvalue weighted by Crippen LogP contribution is -2.74. The van der Waals surface area contributed by atoms with Crippen molar-refractivity contribution in [1.82, 2.24) is 14.9 Å². The first-order valence-electron chi connectivity index (χ1n) is 10.4. The fourth-order valence-corrected chi connectivity index (χ4v) is 3.51. The summed E-state index contributed by atoms with van der Waals surface area (Å²) in [5.74, 6) is -1.43.